The van der Waals surface area contributed by atoms with Crippen molar-refractivity contribution in [2.75, 3.05) is 16.4 Å². The number of benzene rings is 2. The van der Waals surface area contributed by atoms with Crippen molar-refractivity contribution < 1.29 is 13.2 Å². The van der Waals surface area contributed by atoms with Crippen LogP contribution < -0.4 is 4.90 Å². The van der Waals surface area contributed by atoms with Crippen LogP contribution in [0.25, 0.3) is 0 Å². The monoisotopic (exact) mass is 387 g/mol. The molecular formula is C20H21NO3S2. The Labute approximate surface area is 158 Å². The van der Waals surface area contributed by atoms with E-state index in [1.54, 1.807) is 11.0 Å². The minimum Gasteiger partial charge on any atom is -0.304 e. The molecule has 0 bridgehead atoms. The van der Waals surface area contributed by atoms with Crippen LogP contribution in [-0.2, 0) is 14.6 Å². The van der Waals surface area contributed by atoms with Crippen LogP contribution in [0.3, 0.4) is 0 Å². The molecule has 2 aromatic rings. The Morgan fingerprint density at radius 1 is 1.15 bits per heavy atom. The van der Waals surface area contributed by atoms with Gasteiger partial charge in [0.1, 0.15) is 0 Å². The minimum atomic E-state index is -3.24. The van der Waals surface area contributed by atoms with E-state index in [1.807, 2.05) is 56.3 Å². The quantitative estimate of drug-likeness (QED) is 0.734. The number of para-hydroxylation sites is 1. The summed E-state index contributed by atoms with van der Waals surface area (Å²) in [6.07, 6.45) is 1.60. The lowest BCUT2D eigenvalue weighted by Crippen LogP contribution is -2.42. The molecule has 1 atom stereocenters. The van der Waals surface area contributed by atoms with Crippen molar-refractivity contribution in [3.8, 4) is 0 Å². The lowest BCUT2D eigenvalue weighted by Gasteiger charge is -2.27. The van der Waals surface area contributed by atoms with E-state index in [1.165, 1.54) is 22.7 Å². The topological polar surface area (TPSA) is 54.5 Å². The number of aryl methyl sites for hydroxylation is 2. The number of amides is 1. The number of rotatable bonds is 5. The molecular weight excluding hydrogens is 366 g/mol. The van der Waals surface area contributed by atoms with E-state index in [2.05, 4.69) is 6.07 Å². The molecule has 0 radical (unpaired) electrons. The van der Waals surface area contributed by atoms with Crippen molar-refractivity contribution in [2.45, 2.75) is 24.8 Å². The summed E-state index contributed by atoms with van der Waals surface area (Å²) in [6.45, 7) is 4.07. The molecule has 0 aliphatic carbocycles. The summed E-state index contributed by atoms with van der Waals surface area (Å²) in [5, 5.41) is 1.21. The fourth-order valence-corrected chi connectivity index (χ4v) is 5.14. The van der Waals surface area contributed by atoms with Crippen molar-refractivity contribution in [1.82, 2.24) is 0 Å². The van der Waals surface area contributed by atoms with Gasteiger partial charge in [-0.1, -0.05) is 35.9 Å². The van der Waals surface area contributed by atoms with Gasteiger partial charge in [0, 0.05) is 16.0 Å². The summed E-state index contributed by atoms with van der Waals surface area (Å²) < 4.78 is 23.7. The molecule has 0 saturated heterocycles. The molecule has 4 nitrogen and oxygen atoms in total. The van der Waals surface area contributed by atoms with Crippen LogP contribution in [0.2, 0.25) is 0 Å². The lowest BCUT2D eigenvalue weighted by molar-refractivity contribution is -0.116. The second kappa shape index (κ2) is 7.68. The van der Waals surface area contributed by atoms with E-state index in [0.717, 1.165) is 10.5 Å². The van der Waals surface area contributed by atoms with Crippen LogP contribution in [0.15, 0.2) is 64.9 Å². The zero-order valence-corrected chi connectivity index (χ0v) is 16.4. The Kier molecular flexibility index (Phi) is 5.53. The van der Waals surface area contributed by atoms with Gasteiger partial charge in [-0.05, 0) is 43.7 Å². The maximum Gasteiger partial charge on any atom is 0.237 e. The minimum absolute atomic E-state index is 0.0676. The van der Waals surface area contributed by atoms with E-state index in [-0.39, 0.29) is 17.4 Å². The first kappa shape index (κ1) is 18.7. The fraction of sp³-hybridized carbons (Fsp3) is 0.250. The van der Waals surface area contributed by atoms with Crippen molar-refractivity contribution in [3.05, 3.63) is 71.1 Å². The predicted molar refractivity (Wildman–Crippen MR) is 107 cm³/mol. The smallest absolute Gasteiger partial charge is 0.237 e. The maximum absolute atomic E-state index is 13.0. The van der Waals surface area contributed by atoms with Gasteiger partial charge in [-0.25, -0.2) is 8.42 Å². The largest absolute Gasteiger partial charge is 0.304 e. The van der Waals surface area contributed by atoms with E-state index >= 15 is 0 Å². The van der Waals surface area contributed by atoms with Crippen LogP contribution in [0.5, 0.6) is 0 Å². The molecule has 1 aliphatic rings. The van der Waals surface area contributed by atoms with Crippen molar-refractivity contribution in [3.63, 3.8) is 0 Å². The van der Waals surface area contributed by atoms with Crippen LogP contribution >= 0.6 is 11.8 Å². The SMILES string of the molecule is Cc1ccc(SCC(=O)N(c2ccccc2)[C@@H]2C=CS(=O)(=O)C2)c(C)c1. The van der Waals surface area contributed by atoms with E-state index in [4.69, 9.17) is 0 Å². The van der Waals surface area contributed by atoms with Gasteiger partial charge in [-0.2, -0.15) is 0 Å². The Morgan fingerprint density at radius 2 is 1.88 bits per heavy atom. The molecule has 136 valence electrons. The summed E-state index contributed by atoms with van der Waals surface area (Å²) in [4.78, 5) is 15.6. The Morgan fingerprint density at radius 3 is 2.50 bits per heavy atom. The second-order valence-electron chi connectivity index (χ2n) is 6.38. The van der Waals surface area contributed by atoms with Crippen LogP contribution in [0.1, 0.15) is 11.1 Å². The Balaban J connectivity index is 1.80. The van der Waals surface area contributed by atoms with Gasteiger partial charge in [0.05, 0.1) is 17.5 Å². The summed E-state index contributed by atoms with van der Waals surface area (Å²) >= 11 is 1.48. The number of thioether (sulfide) groups is 1. The molecule has 1 heterocycles. The first-order valence-electron chi connectivity index (χ1n) is 8.34. The molecule has 2 aromatic carbocycles. The number of anilines is 1. The van der Waals surface area contributed by atoms with E-state index in [0.29, 0.717) is 5.69 Å². The highest BCUT2D eigenvalue weighted by Crippen LogP contribution is 2.27. The maximum atomic E-state index is 13.0. The number of nitrogens with zero attached hydrogens (tertiary/aromatic N) is 1. The van der Waals surface area contributed by atoms with Gasteiger partial charge in [-0.3, -0.25) is 4.79 Å². The molecule has 1 amide bonds. The Bertz CT molecular complexity index is 937. The summed E-state index contributed by atoms with van der Waals surface area (Å²) in [7, 11) is -3.24. The number of carbonyl (C=O) groups excluding carboxylic acids is 1. The normalized spacial score (nSPS) is 18.0. The average Bonchev–Trinajstić information content (AvgIpc) is 2.95. The van der Waals surface area contributed by atoms with E-state index in [9.17, 15) is 13.2 Å². The molecule has 6 heteroatoms. The molecule has 0 saturated carbocycles. The first-order valence-corrected chi connectivity index (χ1v) is 11.0. The molecule has 0 fully saturated rings. The average molecular weight is 388 g/mol. The number of sulfone groups is 1. The first-order chi connectivity index (χ1) is 12.4. The number of hydrogen-bond donors (Lipinski definition) is 0. The zero-order valence-electron chi connectivity index (χ0n) is 14.8. The van der Waals surface area contributed by atoms with Crippen molar-refractivity contribution in [2.24, 2.45) is 0 Å². The van der Waals surface area contributed by atoms with Crippen molar-refractivity contribution >= 4 is 33.2 Å². The van der Waals surface area contributed by atoms with Crippen LogP contribution in [-0.4, -0.2) is 31.9 Å². The standard InChI is InChI=1S/C20H21NO3S2/c1-15-8-9-19(16(2)12-15)25-13-20(22)21(17-6-4-3-5-7-17)18-10-11-26(23,24)14-18/h3-12,18H,13-14H2,1-2H3/t18-/m1/s1. The van der Waals surface area contributed by atoms with Crippen LogP contribution in [0, 0.1) is 13.8 Å². The number of carbonyl (C=O) groups is 1. The van der Waals surface area contributed by atoms with Gasteiger partial charge in [0.25, 0.3) is 0 Å². The van der Waals surface area contributed by atoms with Gasteiger partial charge >= 0.3 is 0 Å². The van der Waals surface area contributed by atoms with Crippen LogP contribution in [0.4, 0.5) is 5.69 Å². The van der Waals surface area contributed by atoms with Gasteiger partial charge < -0.3 is 4.90 Å². The fourth-order valence-electron chi connectivity index (χ4n) is 3.00. The van der Waals surface area contributed by atoms with Crippen molar-refractivity contribution in [1.29, 1.82) is 0 Å². The summed E-state index contributed by atoms with van der Waals surface area (Å²) in [5.41, 5.74) is 3.04. The molecule has 0 aromatic heterocycles. The number of hydrogen-bond acceptors (Lipinski definition) is 4. The predicted octanol–water partition coefficient (Wildman–Crippen LogP) is 3.74. The third-order valence-corrected chi connectivity index (χ3v) is 6.77. The summed E-state index contributed by atoms with van der Waals surface area (Å²) in [5.74, 6) is 0.0818. The highest BCUT2D eigenvalue weighted by atomic mass is 32.2. The molecule has 1 aliphatic heterocycles. The molecule has 3 rings (SSSR count). The molecule has 26 heavy (non-hydrogen) atoms. The van der Waals surface area contributed by atoms with Gasteiger partial charge in [-0.15, -0.1) is 11.8 Å². The second-order valence-corrected chi connectivity index (χ2v) is 9.33. The third-order valence-electron chi connectivity index (χ3n) is 4.23. The zero-order chi connectivity index (χ0) is 18.7. The van der Waals surface area contributed by atoms with Gasteiger partial charge in [0.15, 0.2) is 9.84 Å². The highest BCUT2D eigenvalue weighted by molar-refractivity contribution is 8.00. The highest BCUT2D eigenvalue weighted by Gasteiger charge is 2.31. The third kappa shape index (κ3) is 4.37. The molecule has 0 spiro atoms. The lowest BCUT2D eigenvalue weighted by atomic mass is 10.2. The summed E-state index contributed by atoms with van der Waals surface area (Å²) in [6, 6.07) is 14.9. The molecule has 0 N–H and O–H groups in total. The van der Waals surface area contributed by atoms with Gasteiger partial charge in [0.2, 0.25) is 5.91 Å². The molecule has 0 unspecified atom stereocenters. The van der Waals surface area contributed by atoms with E-state index < -0.39 is 15.9 Å². The Hall–Kier alpha value is -2.05.